The summed E-state index contributed by atoms with van der Waals surface area (Å²) in [4.78, 5) is 0. The fraction of sp³-hybridized carbons (Fsp3) is 0.294. The predicted octanol–water partition coefficient (Wildman–Crippen LogP) is 4.26. The number of rotatable bonds is 6. The molecule has 0 bridgehead atoms. The first-order chi connectivity index (χ1) is 8.88. The first kappa shape index (κ1) is 12.7. The van der Waals surface area contributed by atoms with Gasteiger partial charge in [0.1, 0.15) is 5.75 Å². The molecule has 93 valence electrons. The molecule has 2 rings (SSSR count). The van der Waals surface area contributed by atoms with Crippen LogP contribution in [0, 0.1) is 6.07 Å². The minimum Gasteiger partial charge on any atom is -0.494 e. The normalized spacial score (nSPS) is 10.3. The number of unbranched alkanes of at least 4 members (excludes halogenated alkanes) is 1. The quantitative estimate of drug-likeness (QED) is 0.684. The predicted molar refractivity (Wildman–Crippen MR) is 74.9 cm³/mol. The van der Waals surface area contributed by atoms with E-state index >= 15 is 0 Å². The van der Waals surface area contributed by atoms with Crippen LogP contribution in [-0.2, 0) is 6.42 Å². The summed E-state index contributed by atoms with van der Waals surface area (Å²) in [7, 11) is 0. The molecule has 0 amide bonds. The molecule has 0 aliphatic heterocycles. The number of benzene rings is 2. The molecule has 2 aromatic carbocycles. The van der Waals surface area contributed by atoms with Crippen molar-refractivity contribution < 1.29 is 4.74 Å². The van der Waals surface area contributed by atoms with E-state index in [-0.39, 0.29) is 0 Å². The molecule has 0 saturated heterocycles. The lowest BCUT2D eigenvalue weighted by Crippen LogP contribution is -1.96. The Morgan fingerprint density at radius 3 is 2.56 bits per heavy atom. The molecule has 0 fully saturated rings. The van der Waals surface area contributed by atoms with Crippen molar-refractivity contribution in [2.75, 3.05) is 6.61 Å². The molecule has 1 radical (unpaired) electrons. The largest absolute Gasteiger partial charge is 0.494 e. The van der Waals surface area contributed by atoms with E-state index in [0.29, 0.717) is 0 Å². The molecule has 0 aliphatic rings. The van der Waals surface area contributed by atoms with Gasteiger partial charge in [0.15, 0.2) is 0 Å². The van der Waals surface area contributed by atoms with Crippen molar-refractivity contribution in [3.05, 3.63) is 65.7 Å². The summed E-state index contributed by atoms with van der Waals surface area (Å²) in [6.45, 7) is 2.98. The Kier molecular flexibility index (Phi) is 4.83. The van der Waals surface area contributed by atoms with E-state index < -0.39 is 0 Å². The maximum atomic E-state index is 5.65. The summed E-state index contributed by atoms with van der Waals surface area (Å²) in [6, 6.07) is 19.6. The number of ether oxygens (including phenoxy) is 1. The van der Waals surface area contributed by atoms with Crippen molar-refractivity contribution in [3.63, 3.8) is 0 Å². The molecule has 0 saturated carbocycles. The molecule has 0 atom stereocenters. The minimum atomic E-state index is 0.809. The summed E-state index contributed by atoms with van der Waals surface area (Å²) in [5.74, 6) is 0.965. The van der Waals surface area contributed by atoms with Crippen LogP contribution in [0.5, 0.6) is 5.75 Å². The second-order valence-electron chi connectivity index (χ2n) is 4.43. The SMILES string of the molecule is CCCCOc1ccc(Cc2c[c]ccc2)cc1. The molecular formula is C17H19O. The van der Waals surface area contributed by atoms with Crippen LogP contribution in [0.2, 0.25) is 0 Å². The number of hydrogen-bond donors (Lipinski definition) is 0. The van der Waals surface area contributed by atoms with Crippen LogP contribution in [0.15, 0.2) is 48.5 Å². The van der Waals surface area contributed by atoms with Gasteiger partial charge in [0.2, 0.25) is 0 Å². The molecule has 0 aliphatic carbocycles. The van der Waals surface area contributed by atoms with Crippen molar-refractivity contribution >= 4 is 0 Å². The summed E-state index contributed by atoms with van der Waals surface area (Å²) < 4.78 is 5.65. The summed E-state index contributed by atoms with van der Waals surface area (Å²) in [5, 5.41) is 0. The molecule has 0 heterocycles. The van der Waals surface area contributed by atoms with Crippen LogP contribution in [0.1, 0.15) is 30.9 Å². The number of hydrogen-bond acceptors (Lipinski definition) is 1. The standard InChI is InChI=1S/C17H19O/c1-2-3-13-18-17-11-9-16(10-12-17)14-15-7-5-4-6-8-15/h4-5,7-12H,2-3,13-14H2,1H3. The van der Waals surface area contributed by atoms with E-state index in [4.69, 9.17) is 4.74 Å². The van der Waals surface area contributed by atoms with Crippen molar-refractivity contribution in [1.29, 1.82) is 0 Å². The molecule has 0 unspecified atom stereocenters. The van der Waals surface area contributed by atoms with Crippen LogP contribution < -0.4 is 4.74 Å². The van der Waals surface area contributed by atoms with Gasteiger partial charge in [-0.3, -0.25) is 0 Å². The zero-order valence-electron chi connectivity index (χ0n) is 10.9. The lowest BCUT2D eigenvalue weighted by Gasteiger charge is -2.06. The van der Waals surface area contributed by atoms with Gasteiger partial charge in [-0.15, -0.1) is 0 Å². The van der Waals surface area contributed by atoms with Crippen molar-refractivity contribution in [2.24, 2.45) is 0 Å². The highest BCUT2D eigenvalue weighted by atomic mass is 16.5. The van der Waals surface area contributed by atoms with Crippen LogP contribution in [-0.4, -0.2) is 6.61 Å². The van der Waals surface area contributed by atoms with Crippen molar-refractivity contribution in [1.82, 2.24) is 0 Å². The van der Waals surface area contributed by atoms with E-state index in [1.54, 1.807) is 0 Å². The molecule has 18 heavy (non-hydrogen) atoms. The van der Waals surface area contributed by atoms with Gasteiger partial charge in [-0.1, -0.05) is 49.7 Å². The lowest BCUT2D eigenvalue weighted by atomic mass is 10.1. The van der Waals surface area contributed by atoms with Crippen molar-refractivity contribution in [3.8, 4) is 5.75 Å². The molecular weight excluding hydrogens is 220 g/mol. The van der Waals surface area contributed by atoms with Crippen molar-refractivity contribution in [2.45, 2.75) is 26.2 Å². The van der Waals surface area contributed by atoms with Gasteiger partial charge in [0.25, 0.3) is 0 Å². The van der Waals surface area contributed by atoms with Gasteiger partial charge in [0.05, 0.1) is 6.61 Å². The topological polar surface area (TPSA) is 9.23 Å². The average Bonchev–Trinajstić information content (AvgIpc) is 2.42. The molecule has 0 N–H and O–H groups in total. The zero-order chi connectivity index (χ0) is 12.6. The Labute approximate surface area is 109 Å². The van der Waals surface area contributed by atoms with Gasteiger partial charge in [0, 0.05) is 0 Å². The summed E-state index contributed by atoms with van der Waals surface area (Å²) in [5.41, 5.74) is 2.59. The van der Waals surface area contributed by atoms with Gasteiger partial charge in [-0.05, 0) is 42.2 Å². The van der Waals surface area contributed by atoms with E-state index in [2.05, 4.69) is 43.3 Å². The Morgan fingerprint density at radius 1 is 1.06 bits per heavy atom. The molecule has 2 aromatic rings. The lowest BCUT2D eigenvalue weighted by molar-refractivity contribution is 0.309. The third kappa shape index (κ3) is 3.92. The third-order valence-corrected chi connectivity index (χ3v) is 2.87. The average molecular weight is 239 g/mol. The van der Waals surface area contributed by atoms with E-state index in [9.17, 15) is 0 Å². The van der Waals surface area contributed by atoms with E-state index in [1.807, 2.05) is 18.2 Å². The second kappa shape index (κ2) is 6.85. The first-order valence-electron chi connectivity index (χ1n) is 6.55. The fourth-order valence-electron chi connectivity index (χ4n) is 1.81. The first-order valence-corrected chi connectivity index (χ1v) is 6.55. The Balaban J connectivity index is 1.91. The summed E-state index contributed by atoms with van der Waals surface area (Å²) >= 11 is 0. The van der Waals surface area contributed by atoms with Crippen LogP contribution >= 0.6 is 0 Å². The molecule has 1 nitrogen and oxygen atoms in total. The highest BCUT2D eigenvalue weighted by Gasteiger charge is 1.97. The van der Waals surface area contributed by atoms with Gasteiger partial charge < -0.3 is 4.74 Å². The Bertz CT molecular complexity index is 445. The van der Waals surface area contributed by atoms with E-state index in [0.717, 1.165) is 25.2 Å². The maximum absolute atomic E-state index is 5.65. The highest BCUT2D eigenvalue weighted by Crippen LogP contribution is 2.15. The smallest absolute Gasteiger partial charge is 0.119 e. The maximum Gasteiger partial charge on any atom is 0.119 e. The summed E-state index contributed by atoms with van der Waals surface area (Å²) in [6.07, 6.45) is 3.23. The zero-order valence-corrected chi connectivity index (χ0v) is 10.9. The minimum absolute atomic E-state index is 0.809. The highest BCUT2D eigenvalue weighted by molar-refractivity contribution is 5.31. The van der Waals surface area contributed by atoms with Gasteiger partial charge >= 0.3 is 0 Å². The third-order valence-electron chi connectivity index (χ3n) is 2.87. The van der Waals surface area contributed by atoms with Gasteiger partial charge in [-0.25, -0.2) is 0 Å². The second-order valence-corrected chi connectivity index (χ2v) is 4.43. The Morgan fingerprint density at radius 2 is 1.89 bits per heavy atom. The van der Waals surface area contributed by atoms with E-state index in [1.165, 1.54) is 17.5 Å². The van der Waals surface area contributed by atoms with Crippen LogP contribution in [0.4, 0.5) is 0 Å². The van der Waals surface area contributed by atoms with Crippen LogP contribution in [0.3, 0.4) is 0 Å². The van der Waals surface area contributed by atoms with Crippen LogP contribution in [0.25, 0.3) is 0 Å². The van der Waals surface area contributed by atoms with Gasteiger partial charge in [-0.2, -0.15) is 0 Å². The molecule has 0 spiro atoms. The Hall–Kier alpha value is -1.76. The fourth-order valence-corrected chi connectivity index (χ4v) is 1.81. The molecule has 1 heteroatoms. The monoisotopic (exact) mass is 239 g/mol. The molecule has 0 aromatic heterocycles.